The standard InChI is InChI=1S/C13H20N2O3/c1-4-18-10-6-5-9(7-8(10)2)11(14)12(15-3)13(16)17/h5-7,11-12,15H,4,14H2,1-3H3,(H,16,17). The zero-order valence-electron chi connectivity index (χ0n) is 10.9. The molecule has 0 saturated carbocycles. The van der Waals surface area contributed by atoms with Crippen molar-refractivity contribution >= 4 is 5.97 Å². The van der Waals surface area contributed by atoms with Crippen LogP contribution in [0.25, 0.3) is 0 Å². The number of carboxylic acids is 1. The van der Waals surface area contributed by atoms with Crippen LogP contribution in [0.3, 0.4) is 0 Å². The van der Waals surface area contributed by atoms with E-state index in [9.17, 15) is 4.79 Å². The highest BCUT2D eigenvalue weighted by Gasteiger charge is 2.24. The van der Waals surface area contributed by atoms with Crippen LogP contribution in [-0.4, -0.2) is 30.8 Å². The summed E-state index contributed by atoms with van der Waals surface area (Å²) in [5, 5.41) is 11.7. The Kier molecular flexibility index (Phi) is 5.12. The van der Waals surface area contributed by atoms with Crippen LogP contribution in [0.5, 0.6) is 5.75 Å². The van der Waals surface area contributed by atoms with E-state index in [0.717, 1.165) is 16.9 Å². The molecular weight excluding hydrogens is 232 g/mol. The number of hydrogen-bond donors (Lipinski definition) is 3. The summed E-state index contributed by atoms with van der Waals surface area (Å²) in [4.78, 5) is 11.0. The number of carbonyl (C=O) groups is 1. The van der Waals surface area contributed by atoms with Crippen molar-refractivity contribution in [2.24, 2.45) is 5.73 Å². The molecule has 2 atom stereocenters. The van der Waals surface area contributed by atoms with Crippen molar-refractivity contribution in [3.8, 4) is 5.75 Å². The van der Waals surface area contributed by atoms with Gasteiger partial charge in [0.05, 0.1) is 12.6 Å². The first-order valence-corrected chi connectivity index (χ1v) is 5.90. The predicted molar refractivity (Wildman–Crippen MR) is 69.8 cm³/mol. The molecule has 0 bridgehead atoms. The van der Waals surface area contributed by atoms with Crippen molar-refractivity contribution in [1.82, 2.24) is 5.32 Å². The number of rotatable bonds is 6. The minimum Gasteiger partial charge on any atom is -0.494 e. The van der Waals surface area contributed by atoms with Crippen LogP contribution in [0, 0.1) is 6.92 Å². The van der Waals surface area contributed by atoms with Crippen LogP contribution in [0.2, 0.25) is 0 Å². The second-order valence-corrected chi connectivity index (χ2v) is 4.09. The lowest BCUT2D eigenvalue weighted by molar-refractivity contribution is -0.139. The average molecular weight is 252 g/mol. The Balaban J connectivity index is 2.96. The predicted octanol–water partition coefficient (Wildman–Crippen LogP) is 1.07. The normalized spacial score (nSPS) is 14.0. The molecule has 0 saturated heterocycles. The summed E-state index contributed by atoms with van der Waals surface area (Å²) in [5.74, 6) is -0.165. The minimum absolute atomic E-state index is 0.595. The Hall–Kier alpha value is -1.59. The highest BCUT2D eigenvalue weighted by molar-refractivity contribution is 5.74. The van der Waals surface area contributed by atoms with E-state index in [1.54, 1.807) is 13.1 Å². The Labute approximate surface area is 107 Å². The first kappa shape index (κ1) is 14.5. The Morgan fingerprint density at radius 3 is 2.67 bits per heavy atom. The van der Waals surface area contributed by atoms with E-state index in [2.05, 4.69) is 5.32 Å². The molecule has 0 radical (unpaired) electrons. The fraction of sp³-hybridized carbons (Fsp3) is 0.462. The Morgan fingerprint density at radius 1 is 1.56 bits per heavy atom. The van der Waals surface area contributed by atoms with Crippen molar-refractivity contribution in [2.75, 3.05) is 13.7 Å². The van der Waals surface area contributed by atoms with Crippen molar-refractivity contribution in [3.05, 3.63) is 29.3 Å². The quantitative estimate of drug-likeness (QED) is 0.705. The Bertz CT molecular complexity index is 421. The van der Waals surface area contributed by atoms with Gasteiger partial charge in [-0.15, -0.1) is 0 Å². The number of aryl methyl sites for hydroxylation is 1. The molecule has 2 unspecified atom stereocenters. The fourth-order valence-corrected chi connectivity index (χ4v) is 1.85. The van der Waals surface area contributed by atoms with E-state index in [4.69, 9.17) is 15.6 Å². The van der Waals surface area contributed by atoms with Gasteiger partial charge in [0.1, 0.15) is 11.8 Å². The number of hydrogen-bond acceptors (Lipinski definition) is 4. The summed E-state index contributed by atoms with van der Waals surface area (Å²) in [6.07, 6.45) is 0. The molecule has 100 valence electrons. The molecule has 0 aliphatic rings. The van der Waals surface area contributed by atoms with Crippen LogP contribution < -0.4 is 15.8 Å². The van der Waals surface area contributed by atoms with Gasteiger partial charge in [0.15, 0.2) is 0 Å². The summed E-state index contributed by atoms with van der Waals surface area (Å²) < 4.78 is 5.43. The zero-order chi connectivity index (χ0) is 13.7. The van der Waals surface area contributed by atoms with Crippen LogP contribution in [-0.2, 0) is 4.79 Å². The number of carboxylic acid groups (broad SMARTS) is 1. The summed E-state index contributed by atoms with van der Waals surface area (Å²) in [5.41, 5.74) is 7.68. The van der Waals surface area contributed by atoms with Gasteiger partial charge >= 0.3 is 5.97 Å². The van der Waals surface area contributed by atoms with Gasteiger partial charge in [-0.2, -0.15) is 0 Å². The molecule has 5 nitrogen and oxygen atoms in total. The molecule has 5 heteroatoms. The zero-order valence-corrected chi connectivity index (χ0v) is 10.9. The number of ether oxygens (including phenoxy) is 1. The monoisotopic (exact) mass is 252 g/mol. The molecule has 0 spiro atoms. The number of nitrogens with one attached hydrogen (secondary N) is 1. The van der Waals surface area contributed by atoms with E-state index < -0.39 is 18.1 Å². The van der Waals surface area contributed by atoms with Crippen molar-refractivity contribution in [1.29, 1.82) is 0 Å². The molecule has 0 aliphatic heterocycles. The smallest absolute Gasteiger partial charge is 0.322 e. The maximum absolute atomic E-state index is 11.0. The third kappa shape index (κ3) is 3.21. The first-order chi connectivity index (χ1) is 8.51. The summed E-state index contributed by atoms with van der Waals surface area (Å²) >= 11 is 0. The van der Waals surface area contributed by atoms with Gasteiger partial charge in [0.2, 0.25) is 0 Å². The highest BCUT2D eigenvalue weighted by Crippen LogP contribution is 2.23. The topological polar surface area (TPSA) is 84.6 Å². The maximum Gasteiger partial charge on any atom is 0.322 e. The molecule has 1 aromatic carbocycles. The van der Waals surface area contributed by atoms with Crippen LogP contribution in [0.1, 0.15) is 24.1 Å². The van der Waals surface area contributed by atoms with Gasteiger partial charge in [-0.05, 0) is 38.1 Å². The summed E-state index contributed by atoms with van der Waals surface area (Å²) in [6.45, 7) is 4.43. The van der Waals surface area contributed by atoms with Gasteiger partial charge < -0.3 is 20.9 Å². The number of aliphatic carboxylic acids is 1. The van der Waals surface area contributed by atoms with E-state index >= 15 is 0 Å². The molecule has 0 amide bonds. The fourth-order valence-electron chi connectivity index (χ4n) is 1.85. The second kappa shape index (κ2) is 6.37. The van der Waals surface area contributed by atoms with E-state index in [-0.39, 0.29) is 0 Å². The second-order valence-electron chi connectivity index (χ2n) is 4.09. The molecule has 18 heavy (non-hydrogen) atoms. The molecule has 0 aromatic heterocycles. The number of likely N-dealkylation sites (N-methyl/N-ethyl adjacent to an activating group) is 1. The van der Waals surface area contributed by atoms with Gasteiger partial charge in [0.25, 0.3) is 0 Å². The van der Waals surface area contributed by atoms with Crippen molar-refractivity contribution in [2.45, 2.75) is 25.9 Å². The van der Waals surface area contributed by atoms with Crippen LogP contribution in [0.15, 0.2) is 18.2 Å². The minimum atomic E-state index is -0.962. The largest absolute Gasteiger partial charge is 0.494 e. The molecule has 0 heterocycles. The van der Waals surface area contributed by atoms with Gasteiger partial charge in [-0.3, -0.25) is 4.79 Å². The highest BCUT2D eigenvalue weighted by atomic mass is 16.5. The number of nitrogens with two attached hydrogens (primary N) is 1. The molecule has 0 fully saturated rings. The Morgan fingerprint density at radius 2 is 2.22 bits per heavy atom. The van der Waals surface area contributed by atoms with Crippen molar-refractivity contribution < 1.29 is 14.6 Å². The lowest BCUT2D eigenvalue weighted by atomic mass is 9.98. The van der Waals surface area contributed by atoms with Crippen LogP contribution in [0.4, 0.5) is 0 Å². The summed E-state index contributed by atoms with van der Waals surface area (Å²) in [7, 11) is 1.58. The third-order valence-electron chi connectivity index (χ3n) is 2.82. The van der Waals surface area contributed by atoms with E-state index in [1.807, 2.05) is 26.0 Å². The molecular formula is C13H20N2O3. The SMILES string of the molecule is CCOc1ccc(C(N)C(NC)C(=O)O)cc1C. The van der Waals surface area contributed by atoms with Crippen LogP contribution >= 0.6 is 0 Å². The lowest BCUT2D eigenvalue weighted by Crippen LogP contribution is -2.43. The van der Waals surface area contributed by atoms with E-state index in [1.165, 1.54) is 0 Å². The molecule has 4 N–H and O–H groups in total. The lowest BCUT2D eigenvalue weighted by Gasteiger charge is -2.20. The molecule has 0 aliphatic carbocycles. The van der Waals surface area contributed by atoms with Gasteiger partial charge in [-0.1, -0.05) is 12.1 Å². The molecule has 1 rings (SSSR count). The third-order valence-corrected chi connectivity index (χ3v) is 2.82. The average Bonchev–Trinajstić information content (AvgIpc) is 2.32. The molecule has 1 aromatic rings. The van der Waals surface area contributed by atoms with Gasteiger partial charge in [0, 0.05) is 0 Å². The van der Waals surface area contributed by atoms with E-state index in [0.29, 0.717) is 6.61 Å². The number of benzene rings is 1. The maximum atomic E-state index is 11.0. The first-order valence-electron chi connectivity index (χ1n) is 5.90. The van der Waals surface area contributed by atoms with Crippen molar-refractivity contribution in [3.63, 3.8) is 0 Å². The van der Waals surface area contributed by atoms with Gasteiger partial charge in [-0.25, -0.2) is 0 Å². The summed E-state index contributed by atoms with van der Waals surface area (Å²) in [6, 6.07) is 4.09.